The summed E-state index contributed by atoms with van der Waals surface area (Å²) >= 11 is 0. The second kappa shape index (κ2) is 6.90. The fourth-order valence-electron chi connectivity index (χ4n) is 2.10. The minimum absolute atomic E-state index is 0.0433. The summed E-state index contributed by atoms with van der Waals surface area (Å²) in [6, 6.07) is 15.7. The molecule has 0 aliphatic carbocycles. The maximum Gasteiger partial charge on any atom is 0.250 e. The normalized spacial score (nSPS) is 12.3. The summed E-state index contributed by atoms with van der Waals surface area (Å²) in [5, 5.41) is 3.50. The Kier molecular flexibility index (Phi) is 4.93. The van der Waals surface area contributed by atoms with Gasteiger partial charge in [-0.2, -0.15) is 0 Å². The van der Waals surface area contributed by atoms with Crippen LogP contribution < -0.4 is 10.9 Å². The topological polar surface area (TPSA) is 34.0 Å². The quantitative estimate of drug-likeness (QED) is 0.862. The predicted octanol–water partition coefficient (Wildman–Crippen LogP) is 2.59. The summed E-state index contributed by atoms with van der Waals surface area (Å²) in [7, 11) is 0. The Balaban J connectivity index is 2.19. The van der Waals surface area contributed by atoms with Gasteiger partial charge in [0.05, 0.1) is 6.04 Å². The molecule has 1 unspecified atom stereocenters. The van der Waals surface area contributed by atoms with Gasteiger partial charge in [0.15, 0.2) is 0 Å². The number of hydrogen-bond acceptors (Lipinski definition) is 2. The van der Waals surface area contributed by atoms with E-state index in [1.807, 2.05) is 30.5 Å². The van der Waals surface area contributed by atoms with Gasteiger partial charge in [-0.3, -0.25) is 4.79 Å². The third-order valence-corrected chi connectivity index (χ3v) is 3.12. The van der Waals surface area contributed by atoms with Crippen molar-refractivity contribution in [2.75, 3.05) is 6.54 Å². The molecule has 100 valence electrons. The van der Waals surface area contributed by atoms with E-state index in [4.69, 9.17) is 0 Å². The van der Waals surface area contributed by atoms with Gasteiger partial charge < -0.3 is 9.88 Å². The molecule has 0 aliphatic rings. The Morgan fingerprint density at radius 3 is 2.53 bits per heavy atom. The highest BCUT2D eigenvalue weighted by atomic mass is 16.1. The van der Waals surface area contributed by atoms with Crippen LogP contribution in [-0.2, 0) is 6.54 Å². The second-order valence-electron chi connectivity index (χ2n) is 4.61. The van der Waals surface area contributed by atoms with Crippen LogP contribution in [0.3, 0.4) is 0 Å². The predicted molar refractivity (Wildman–Crippen MR) is 78.2 cm³/mol. The first-order chi connectivity index (χ1) is 9.31. The number of nitrogens with one attached hydrogen (secondary N) is 1. The Morgan fingerprint density at radius 1 is 1.11 bits per heavy atom. The molecule has 1 aromatic carbocycles. The molecule has 3 heteroatoms. The zero-order valence-electron chi connectivity index (χ0n) is 11.3. The van der Waals surface area contributed by atoms with Crippen LogP contribution in [0.25, 0.3) is 0 Å². The number of rotatable bonds is 6. The molecule has 1 atom stereocenters. The molecule has 19 heavy (non-hydrogen) atoms. The van der Waals surface area contributed by atoms with Gasteiger partial charge in [0.2, 0.25) is 0 Å². The molecule has 2 aromatic rings. The number of hydrogen-bond donors (Lipinski definition) is 1. The van der Waals surface area contributed by atoms with Crippen molar-refractivity contribution in [1.82, 2.24) is 9.88 Å². The summed E-state index contributed by atoms with van der Waals surface area (Å²) < 4.78 is 1.75. The average Bonchev–Trinajstić information content (AvgIpc) is 2.46. The van der Waals surface area contributed by atoms with Gasteiger partial charge in [-0.1, -0.05) is 43.3 Å². The van der Waals surface area contributed by atoms with Gasteiger partial charge in [-0.15, -0.1) is 0 Å². The first-order valence-corrected chi connectivity index (χ1v) is 6.75. The summed E-state index contributed by atoms with van der Waals surface area (Å²) in [4.78, 5) is 11.8. The molecular formula is C16H20N2O. The molecule has 1 heterocycles. The summed E-state index contributed by atoms with van der Waals surface area (Å²) in [5.74, 6) is 0. The van der Waals surface area contributed by atoms with Crippen molar-refractivity contribution in [2.45, 2.75) is 25.9 Å². The van der Waals surface area contributed by atoms with E-state index in [1.165, 1.54) is 5.56 Å². The van der Waals surface area contributed by atoms with Gasteiger partial charge in [0, 0.05) is 18.8 Å². The van der Waals surface area contributed by atoms with Gasteiger partial charge in [-0.05, 0) is 24.6 Å². The molecule has 0 saturated carbocycles. The van der Waals surface area contributed by atoms with Crippen molar-refractivity contribution in [3.63, 3.8) is 0 Å². The van der Waals surface area contributed by atoms with Crippen LogP contribution in [0.4, 0.5) is 0 Å². The lowest BCUT2D eigenvalue weighted by molar-refractivity contribution is 0.456. The van der Waals surface area contributed by atoms with Gasteiger partial charge in [0.25, 0.3) is 5.56 Å². The molecule has 0 radical (unpaired) electrons. The molecule has 3 nitrogen and oxygen atoms in total. The number of benzene rings is 1. The number of pyridine rings is 1. The monoisotopic (exact) mass is 256 g/mol. The second-order valence-corrected chi connectivity index (χ2v) is 4.61. The molecule has 1 N–H and O–H groups in total. The maximum absolute atomic E-state index is 11.8. The van der Waals surface area contributed by atoms with E-state index in [1.54, 1.807) is 16.7 Å². The van der Waals surface area contributed by atoms with Crippen molar-refractivity contribution in [3.8, 4) is 0 Å². The number of nitrogens with zero attached hydrogens (tertiary/aromatic N) is 1. The van der Waals surface area contributed by atoms with Crippen LogP contribution in [0, 0.1) is 0 Å². The van der Waals surface area contributed by atoms with E-state index in [-0.39, 0.29) is 11.6 Å². The lowest BCUT2D eigenvalue weighted by atomic mass is 10.1. The molecule has 0 amide bonds. The molecule has 2 rings (SSSR count). The van der Waals surface area contributed by atoms with Crippen molar-refractivity contribution in [3.05, 3.63) is 70.6 Å². The first-order valence-electron chi connectivity index (χ1n) is 6.75. The fraction of sp³-hybridized carbons (Fsp3) is 0.312. The lowest BCUT2D eigenvalue weighted by Crippen LogP contribution is -2.30. The van der Waals surface area contributed by atoms with E-state index < -0.39 is 0 Å². The van der Waals surface area contributed by atoms with Crippen LogP contribution in [-0.4, -0.2) is 11.1 Å². The third-order valence-electron chi connectivity index (χ3n) is 3.12. The zero-order chi connectivity index (χ0) is 13.5. The van der Waals surface area contributed by atoms with Crippen LogP contribution in [0.2, 0.25) is 0 Å². The SMILES string of the molecule is CCCNC(Cn1ccccc1=O)c1ccccc1. The molecule has 1 aromatic heterocycles. The minimum Gasteiger partial charge on any atom is -0.314 e. The van der Waals surface area contributed by atoms with Crippen LogP contribution >= 0.6 is 0 Å². The molecule has 0 fully saturated rings. The zero-order valence-corrected chi connectivity index (χ0v) is 11.3. The van der Waals surface area contributed by atoms with E-state index in [0.717, 1.165) is 13.0 Å². The largest absolute Gasteiger partial charge is 0.314 e. The summed E-state index contributed by atoms with van der Waals surface area (Å²) in [5.41, 5.74) is 1.26. The third kappa shape index (κ3) is 3.80. The highest BCUT2D eigenvalue weighted by Gasteiger charge is 2.11. The Labute approximate surface area is 113 Å². The Hall–Kier alpha value is -1.87. The van der Waals surface area contributed by atoms with Crippen molar-refractivity contribution in [2.24, 2.45) is 0 Å². The van der Waals surface area contributed by atoms with Crippen molar-refractivity contribution in [1.29, 1.82) is 0 Å². The summed E-state index contributed by atoms with van der Waals surface area (Å²) in [6.45, 7) is 3.74. The highest BCUT2D eigenvalue weighted by Crippen LogP contribution is 2.14. The lowest BCUT2D eigenvalue weighted by Gasteiger charge is -2.20. The molecular weight excluding hydrogens is 236 g/mol. The van der Waals surface area contributed by atoms with E-state index in [2.05, 4.69) is 24.4 Å². The maximum atomic E-state index is 11.8. The van der Waals surface area contributed by atoms with E-state index in [9.17, 15) is 4.79 Å². The number of aromatic nitrogens is 1. The van der Waals surface area contributed by atoms with E-state index >= 15 is 0 Å². The van der Waals surface area contributed by atoms with Crippen LogP contribution in [0.15, 0.2) is 59.5 Å². The smallest absolute Gasteiger partial charge is 0.250 e. The Bertz CT molecular complexity index is 548. The fourth-order valence-corrected chi connectivity index (χ4v) is 2.10. The highest BCUT2D eigenvalue weighted by molar-refractivity contribution is 5.19. The molecule has 0 bridgehead atoms. The first kappa shape index (κ1) is 13.6. The minimum atomic E-state index is 0.0433. The molecule has 0 saturated heterocycles. The molecule has 0 aliphatic heterocycles. The van der Waals surface area contributed by atoms with Crippen LogP contribution in [0.5, 0.6) is 0 Å². The Morgan fingerprint density at radius 2 is 1.84 bits per heavy atom. The van der Waals surface area contributed by atoms with Gasteiger partial charge >= 0.3 is 0 Å². The van der Waals surface area contributed by atoms with Gasteiger partial charge in [0.1, 0.15) is 0 Å². The average molecular weight is 256 g/mol. The summed E-state index contributed by atoms with van der Waals surface area (Å²) in [6.07, 6.45) is 2.92. The van der Waals surface area contributed by atoms with Gasteiger partial charge in [-0.25, -0.2) is 0 Å². The standard InChI is InChI=1S/C16H20N2O/c1-2-11-17-15(14-8-4-3-5-9-14)13-18-12-7-6-10-16(18)19/h3-10,12,15,17H,2,11,13H2,1H3. The van der Waals surface area contributed by atoms with Crippen molar-refractivity contribution < 1.29 is 0 Å². The van der Waals surface area contributed by atoms with E-state index in [0.29, 0.717) is 6.54 Å². The van der Waals surface area contributed by atoms with Crippen molar-refractivity contribution >= 4 is 0 Å². The molecule has 0 spiro atoms. The van der Waals surface area contributed by atoms with Crippen LogP contribution in [0.1, 0.15) is 24.9 Å².